The predicted molar refractivity (Wildman–Crippen MR) is 113 cm³/mol. The van der Waals surface area contributed by atoms with E-state index in [1.807, 2.05) is 48.5 Å². The zero-order valence-corrected chi connectivity index (χ0v) is 16.7. The fourth-order valence-corrected chi connectivity index (χ4v) is 4.12. The summed E-state index contributed by atoms with van der Waals surface area (Å²) >= 11 is 1.13. The normalized spacial score (nSPS) is 11.0. The number of nitrogens with zero attached hydrogens (tertiary/aromatic N) is 3. The van der Waals surface area contributed by atoms with Crippen molar-refractivity contribution in [1.29, 1.82) is 0 Å². The topological polar surface area (TPSA) is 86.0 Å². The maximum Gasteiger partial charge on any atom is 0.329 e. The SMILES string of the molecule is CC(=O)c1sc(NC(=O)Cn2c(=O)n(C)c3ccccc32)nc1-c1ccccc1. The molecule has 4 aromatic rings. The summed E-state index contributed by atoms with van der Waals surface area (Å²) in [5, 5.41) is 3.05. The Labute approximate surface area is 170 Å². The first-order chi connectivity index (χ1) is 14.0. The Bertz CT molecular complexity index is 1280. The molecule has 0 atom stereocenters. The average molecular weight is 406 g/mol. The van der Waals surface area contributed by atoms with Crippen LogP contribution in [0.4, 0.5) is 5.13 Å². The molecular weight excluding hydrogens is 388 g/mol. The molecule has 0 unspecified atom stereocenters. The van der Waals surface area contributed by atoms with Gasteiger partial charge in [-0.3, -0.25) is 18.7 Å². The number of ketones is 1. The smallest absolute Gasteiger partial charge is 0.300 e. The molecule has 8 heteroatoms. The highest BCUT2D eigenvalue weighted by Gasteiger charge is 2.19. The molecule has 0 spiro atoms. The van der Waals surface area contributed by atoms with Crippen LogP contribution >= 0.6 is 11.3 Å². The van der Waals surface area contributed by atoms with E-state index in [0.717, 1.165) is 22.4 Å². The lowest BCUT2D eigenvalue weighted by Crippen LogP contribution is -2.28. The summed E-state index contributed by atoms with van der Waals surface area (Å²) in [6.07, 6.45) is 0. The van der Waals surface area contributed by atoms with E-state index in [9.17, 15) is 14.4 Å². The number of carbonyl (C=O) groups is 2. The fourth-order valence-electron chi connectivity index (χ4n) is 3.22. The summed E-state index contributed by atoms with van der Waals surface area (Å²) in [4.78, 5) is 42.1. The molecule has 0 bridgehead atoms. The summed E-state index contributed by atoms with van der Waals surface area (Å²) in [5.74, 6) is -0.501. The van der Waals surface area contributed by atoms with Crippen molar-refractivity contribution in [3.8, 4) is 11.3 Å². The Balaban J connectivity index is 1.62. The number of aryl methyl sites for hydroxylation is 1. The Morgan fingerprint density at radius 3 is 2.38 bits per heavy atom. The Morgan fingerprint density at radius 1 is 1.03 bits per heavy atom. The van der Waals surface area contributed by atoms with Crippen LogP contribution in [0, 0.1) is 0 Å². The first-order valence-corrected chi connectivity index (χ1v) is 9.78. The van der Waals surface area contributed by atoms with E-state index in [1.54, 1.807) is 13.1 Å². The second kappa shape index (κ2) is 7.48. The van der Waals surface area contributed by atoms with Crippen LogP contribution in [0.15, 0.2) is 59.4 Å². The van der Waals surface area contributed by atoms with Crippen molar-refractivity contribution in [3.63, 3.8) is 0 Å². The fraction of sp³-hybridized carbons (Fsp3) is 0.143. The summed E-state index contributed by atoms with van der Waals surface area (Å²) in [6, 6.07) is 16.6. The molecule has 0 saturated carbocycles. The quantitative estimate of drug-likeness (QED) is 0.515. The van der Waals surface area contributed by atoms with Crippen LogP contribution in [0.5, 0.6) is 0 Å². The molecule has 2 aromatic carbocycles. The molecule has 1 amide bonds. The second-order valence-corrected chi connectivity index (χ2v) is 7.58. The maximum atomic E-state index is 12.6. The van der Waals surface area contributed by atoms with E-state index in [-0.39, 0.29) is 23.9 Å². The van der Waals surface area contributed by atoms with Gasteiger partial charge in [-0.2, -0.15) is 0 Å². The van der Waals surface area contributed by atoms with E-state index in [0.29, 0.717) is 21.2 Å². The molecule has 2 aromatic heterocycles. The van der Waals surface area contributed by atoms with E-state index in [1.165, 1.54) is 16.1 Å². The number of benzene rings is 2. The average Bonchev–Trinajstić information content (AvgIpc) is 3.24. The number of Topliss-reactive ketones (excluding diaryl/α,β-unsaturated/α-hetero) is 1. The zero-order valence-electron chi connectivity index (χ0n) is 15.9. The molecule has 2 heterocycles. The van der Waals surface area contributed by atoms with E-state index >= 15 is 0 Å². The van der Waals surface area contributed by atoms with Gasteiger partial charge in [-0.05, 0) is 12.1 Å². The van der Waals surface area contributed by atoms with Gasteiger partial charge in [-0.25, -0.2) is 9.78 Å². The van der Waals surface area contributed by atoms with E-state index in [4.69, 9.17) is 0 Å². The molecular formula is C21H18N4O3S. The number of aromatic nitrogens is 3. The van der Waals surface area contributed by atoms with E-state index in [2.05, 4.69) is 10.3 Å². The van der Waals surface area contributed by atoms with Crippen molar-refractivity contribution in [1.82, 2.24) is 14.1 Å². The molecule has 4 rings (SSSR count). The molecule has 1 N–H and O–H groups in total. The molecule has 7 nitrogen and oxygen atoms in total. The zero-order chi connectivity index (χ0) is 20.5. The minimum atomic E-state index is -0.382. The third-order valence-electron chi connectivity index (χ3n) is 4.59. The monoisotopic (exact) mass is 406 g/mol. The lowest BCUT2D eigenvalue weighted by Gasteiger charge is -2.03. The lowest BCUT2D eigenvalue weighted by atomic mass is 10.1. The molecule has 0 aliphatic rings. The lowest BCUT2D eigenvalue weighted by molar-refractivity contribution is -0.116. The van der Waals surface area contributed by atoms with Gasteiger partial charge in [0.05, 0.1) is 21.6 Å². The van der Waals surface area contributed by atoms with Crippen molar-refractivity contribution in [3.05, 3.63) is 70.0 Å². The van der Waals surface area contributed by atoms with Crippen LogP contribution in [0.1, 0.15) is 16.6 Å². The predicted octanol–water partition coefficient (Wildman–Crippen LogP) is 3.30. The number of hydrogen-bond donors (Lipinski definition) is 1. The first kappa shape index (κ1) is 18.8. The van der Waals surface area contributed by atoms with Gasteiger partial charge in [0.15, 0.2) is 10.9 Å². The number of fused-ring (bicyclic) bond motifs is 1. The number of imidazole rings is 1. The van der Waals surface area contributed by atoms with Crippen LogP contribution in [0.25, 0.3) is 22.3 Å². The van der Waals surface area contributed by atoms with Crippen LogP contribution in [0.2, 0.25) is 0 Å². The minimum absolute atomic E-state index is 0.118. The number of nitrogens with one attached hydrogen (secondary N) is 1. The summed E-state index contributed by atoms with van der Waals surface area (Å²) in [6.45, 7) is 1.33. The molecule has 0 aliphatic carbocycles. The third-order valence-corrected chi connectivity index (χ3v) is 5.67. The first-order valence-electron chi connectivity index (χ1n) is 8.97. The summed E-state index contributed by atoms with van der Waals surface area (Å²) in [7, 11) is 1.67. The highest BCUT2D eigenvalue weighted by molar-refractivity contribution is 7.18. The third kappa shape index (κ3) is 3.50. The van der Waals surface area contributed by atoms with Crippen LogP contribution in [0.3, 0.4) is 0 Å². The number of hydrogen-bond acceptors (Lipinski definition) is 5. The second-order valence-electron chi connectivity index (χ2n) is 6.58. The van der Waals surface area contributed by atoms with Gasteiger partial charge in [-0.15, -0.1) is 0 Å². The standard InChI is InChI=1S/C21H18N4O3S/c1-13(26)19-18(14-8-4-3-5-9-14)23-20(29-19)22-17(27)12-25-16-11-7-6-10-15(16)24(2)21(25)28/h3-11H,12H2,1-2H3,(H,22,23,27). The number of rotatable bonds is 5. The molecule has 0 aliphatic heterocycles. The van der Waals surface area contributed by atoms with E-state index < -0.39 is 0 Å². The highest BCUT2D eigenvalue weighted by atomic mass is 32.1. The van der Waals surface area contributed by atoms with Gasteiger partial charge in [0.2, 0.25) is 5.91 Å². The summed E-state index contributed by atoms with van der Waals surface area (Å²) < 4.78 is 2.93. The molecule has 0 radical (unpaired) electrons. The van der Waals surface area contributed by atoms with Crippen LogP contribution in [-0.4, -0.2) is 25.8 Å². The molecule has 0 saturated heterocycles. The van der Waals surface area contributed by atoms with Gasteiger partial charge in [0.1, 0.15) is 6.54 Å². The molecule has 146 valence electrons. The van der Waals surface area contributed by atoms with Gasteiger partial charge in [0.25, 0.3) is 0 Å². The van der Waals surface area contributed by atoms with Crippen LogP contribution < -0.4 is 11.0 Å². The number of thiazole rings is 1. The number of amides is 1. The van der Waals surface area contributed by atoms with Crippen molar-refractivity contribution < 1.29 is 9.59 Å². The van der Waals surface area contributed by atoms with Crippen molar-refractivity contribution in [2.75, 3.05) is 5.32 Å². The minimum Gasteiger partial charge on any atom is -0.300 e. The van der Waals surface area contributed by atoms with Crippen molar-refractivity contribution in [2.24, 2.45) is 7.05 Å². The Morgan fingerprint density at radius 2 is 1.69 bits per heavy atom. The van der Waals surface area contributed by atoms with Crippen LogP contribution in [-0.2, 0) is 18.4 Å². The van der Waals surface area contributed by atoms with Crippen molar-refractivity contribution >= 4 is 39.2 Å². The van der Waals surface area contributed by atoms with Gasteiger partial charge < -0.3 is 5.32 Å². The van der Waals surface area contributed by atoms with Crippen molar-refractivity contribution in [2.45, 2.75) is 13.5 Å². The molecule has 0 fully saturated rings. The maximum absolute atomic E-state index is 12.6. The summed E-state index contributed by atoms with van der Waals surface area (Å²) in [5.41, 5.74) is 2.52. The molecule has 29 heavy (non-hydrogen) atoms. The largest absolute Gasteiger partial charge is 0.329 e. The number of para-hydroxylation sites is 2. The Hall–Kier alpha value is -3.52. The number of carbonyl (C=O) groups excluding carboxylic acids is 2. The Kier molecular flexibility index (Phi) is 4.85. The number of anilines is 1. The highest BCUT2D eigenvalue weighted by Crippen LogP contribution is 2.31. The van der Waals surface area contributed by atoms with Gasteiger partial charge in [0, 0.05) is 19.5 Å². The van der Waals surface area contributed by atoms with Gasteiger partial charge >= 0.3 is 5.69 Å². The van der Waals surface area contributed by atoms with Gasteiger partial charge in [-0.1, -0.05) is 53.8 Å².